The maximum absolute atomic E-state index is 12.1. The Bertz CT molecular complexity index is 879. The number of anilines is 1. The molecule has 0 aromatic heterocycles. The Kier molecular flexibility index (Phi) is 5.99. The van der Waals surface area contributed by atoms with Gasteiger partial charge in [-0.05, 0) is 30.3 Å². The first kappa shape index (κ1) is 18.6. The molecule has 2 aromatic carbocycles. The Labute approximate surface area is 148 Å². The van der Waals surface area contributed by atoms with Crippen LogP contribution in [0.1, 0.15) is 22.8 Å². The second-order valence-electron chi connectivity index (χ2n) is 5.15. The van der Waals surface area contributed by atoms with Crippen molar-refractivity contribution < 1.29 is 19.2 Å². The van der Waals surface area contributed by atoms with Gasteiger partial charge in [0.05, 0.1) is 18.2 Å². The van der Waals surface area contributed by atoms with E-state index in [4.69, 9.17) is 4.74 Å². The molecule has 0 aliphatic rings. The zero-order valence-electron chi connectivity index (χ0n) is 14.1. The standard InChI is InChI=1S/C17H16N4O5/c1-11(22)19-14-5-3-4-13(9-14)17(23)20-18-10-12-6-7-16(26-2)15(8-12)21(24)25/h3-10H,1-2H3,(H,19,22)(H,20,23). The summed E-state index contributed by atoms with van der Waals surface area (Å²) in [6.07, 6.45) is 1.28. The van der Waals surface area contributed by atoms with Crippen LogP contribution < -0.4 is 15.5 Å². The summed E-state index contributed by atoms with van der Waals surface area (Å²) in [5, 5.41) is 17.4. The Hall–Kier alpha value is -3.75. The van der Waals surface area contributed by atoms with Crippen LogP contribution in [0.2, 0.25) is 0 Å². The van der Waals surface area contributed by atoms with Crippen LogP contribution >= 0.6 is 0 Å². The van der Waals surface area contributed by atoms with Crippen LogP contribution in [0.25, 0.3) is 0 Å². The predicted molar refractivity (Wildman–Crippen MR) is 95.5 cm³/mol. The molecule has 9 heteroatoms. The van der Waals surface area contributed by atoms with Crippen LogP contribution in [0.4, 0.5) is 11.4 Å². The van der Waals surface area contributed by atoms with Crippen molar-refractivity contribution in [3.8, 4) is 5.75 Å². The molecule has 2 N–H and O–H groups in total. The maximum Gasteiger partial charge on any atom is 0.311 e. The summed E-state index contributed by atoms with van der Waals surface area (Å²) in [4.78, 5) is 33.6. The lowest BCUT2D eigenvalue weighted by molar-refractivity contribution is -0.385. The van der Waals surface area contributed by atoms with Gasteiger partial charge in [0, 0.05) is 29.8 Å². The fourth-order valence-corrected chi connectivity index (χ4v) is 2.10. The third-order valence-corrected chi connectivity index (χ3v) is 3.22. The van der Waals surface area contributed by atoms with E-state index in [0.717, 1.165) is 0 Å². The van der Waals surface area contributed by atoms with Gasteiger partial charge in [0.2, 0.25) is 5.91 Å². The fraction of sp³-hybridized carbons (Fsp3) is 0.118. The number of methoxy groups -OCH3 is 1. The number of rotatable bonds is 6. The number of amides is 2. The number of benzene rings is 2. The number of hydrazone groups is 1. The molecule has 0 fully saturated rings. The van der Waals surface area contributed by atoms with E-state index in [0.29, 0.717) is 16.8 Å². The van der Waals surface area contributed by atoms with E-state index in [1.54, 1.807) is 24.3 Å². The van der Waals surface area contributed by atoms with Crippen molar-refractivity contribution in [2.24, 2.45) is 5.10 Å². The number of hydrogen-bond donors (Lipinski definition) is 2. The Morgan fingerprint density at radius 2 is 2.00 bits per heavy atom. The van der Waals surface area contributed by atoms with Gasteiger partial charge < -0.3 is 10.1 Å². The Morgan fingerprint density at radius 1 is 1.23 bits per heavy atom. The van der Waals surface area contributed by atoms with Crippen LogP contribution in [0, 0.1) is 10.1 Å². The summed E-state index contributed by atoms with van der Waals surface area (Å²) in [5.74, 6) is -0.607. The van der Waals surface area contributed by atoms with E-state index in [1.807, 2.05) is 0 Å². The highest BCUT2D eigenvalue weighted by Crippen LogP contribution is 2.26. The van der Waals surface area contributed by atoms with E-state index in [2.05, 4.69) is 15.8 Å². The topological polar surface area (TPSA) is 123 Å². The molecule has 2 rings (SSSR count). The highest BCUT2D eigenvalue weighted by atomic mass is 16.6. The number of nitro groups is 1. The molecule has 2 aromatic rings. The average molecular weight is 356 g/mol. The van der Waals surface area contributed by atoms with Gasteiger partial charge in [-0.15, -0.1) is 0 Å². The lowest BCUT2D eigenvalue weighted by atomic mass is 10.2. The number of carbonyl (C=O) groups is 2. The lowest BCUT2D eigenvalue weighted by Crippen LogP contribution is -2.18. The molecular weight excluding hydrogens is 340 g/mol. The quantitative estimate of drug-likeness (QED) is 0.467. The van der Waals surface area contributed by atoms with E-state index in [9.17, 15) is 19.7 Å². The Balaban J connectivity index is 2.08. The Morgan fingerprint density at radius 3 is 2.65 bits per heavy atom. The number of hydrogen-bond acceptors (Lipinski definition) is 6. The molecule has 2 amide bonds. The van der Waals surface area contributed by atoms with Gasteiger partial charge in [0.1, 0.15) is 0 Å². The van der Waals surface area contributed by atoms with Crippen molar-refractivity contribution in [3.63, 3.8) is 0 Å². The summed E-state index contributed by atoms with van der Waals surface area (Å²) < 4.78 is 4.91. The predicted octanol–water partition coefficient (Wildman–Crippen LogP) is 2.33. The third-order valence-electron chi connectivity index (χ3n) is 3.22. The van der Waals surface area contributed by atoms with Crippen LogP contribution in [0.3, 0.4) is 0 Å². The van der Waals surface area contributed by atoms with E-state index < -0.39 is 10.8 Å². The van der Waals surface area contributed by atoms with E-state index in [-0.39, 0.29) is 17.3 Å². The summed E-state index contributed by atoms with van der Waals surface area (Å²) in [6.45, 7) is 1.37. The lowest BCUT2D eigenvalue weighted by Gasteiger charge is -2.05. The van der Waals surface area contributed by atoms with Gasteiger partial charge in [-0.3, -0.25) is 19.7 Å². The molecule has 0 spiro atoms. The summed E-state index contributed by atoms with van der Waals surface area (Å²) in [5.41, 5.74) is 3.33. The van der Waals surface area contributed by atoms with Crippen molar-refractivity contribution in [1.82, 2.24) is 5.43 Å². The number of ether oxygens (including phenoxy) is 1. The van der Waals surface area contributed by atoms with Gasteiger partial charge >= 0.3 is 5.69 Å². The number of nitrogens with one attached hydrogen (secondary N) is 2. The largest absolute Gasteiger partial charge is 0.490 e. The van der Waals surface area contributed by atoms with Gasteiger partial charge in [-0.25, -0.2) is 5.43 Å². The molecule has 0 radical (unpaired) electrons. The molecule has 26 heavy (non-hydrogen) atoms. The summed E-state index contributed by atoms with van der Waals surface area (Å²) in [7, 11) is 1.34. The van der Waals surface area contributed by atoms with Crippen molar-refractivity contribution in [2.75, 3.05) is 12.4 Å². The monoisotopic (exact) mass is 356 g/mol. The first-order chi connectivity index (χ1) is 12.4. The summed E-state index contributed by atoms with van der Waals surface area (Å²) in [6, 6.07) is 10.6. The second kappa shape index (κ2) is 8.38. The number of nitrogens with zero attached hydrogens (tertiary/aromatic N) is 2. The van der Waals surface area contributed by atoms with Crippen molar-refractivity contribution in [2.45, 2.75) is 6.92 Å². The van der Waals surface area contributed by atoms with Crippen LogP contribution in [-0.4, -0.2) is 30.1 Å². The van der Waals surface area contributed by atoms with E-state index in [1.165, 1.54) is 38.4 Å². The second-order valence-corrected chi connectivity index (χ2v) is 5.15. The van der Waals surface area contributed by atoms with E-state index >= 15 is 0 Å². The molecule has 0 aliphatic heterocycles. The molecule has 9 nitrogen and oxygen atoms in total. The molecule has 0 unspecified atom stereocenters. The minimum Gasteiger partial charge on any atom is -0.490 e. The molecule has 0 saturated carbocycles. The molecule has 0 atom stereocenters. The molecule has 0 aliphatic carbocycles. The third kappa shape index (κ3) is 4.87. The first-order valence-electron chi connectivity index (χ1n) is 7.44. The van der Waals surface area contributed by atoms with Gasteiger partial charge in [-0.1, -0.05) is 6.07 Å². The smallest absolute Gasteiger partial charge is 0.311 e. The zero-order valence-corrected chi connectivity index (χ0v) is 14.1. The molecule has 134 valence electrons. The van der Waals surface area contributed by atoms with Crippen molar-refractivity contribution in [1.29, 1.82) is 0 Å². The zero-order chi connectivity index (χ0) is 19.1. The highest BCUT2D eigenvalue weighted by molar-refractivity contribution is 5.97. The minimum atomic E-state index is -0.567. The number of nitro benzene ring substituents is 1. The van der Waals surface area contributed by atoms with Crippen LogP contribution in [0.5, 0.6) is 5.75 Å². The molecule has 0 saturated heterocycles. The SMILES string of the molecule is COc1ccc(C=NNC(=O)c2cccc(NC(C)=O)c2)cc1[N+](=O)[O-]. The fourth-order valence-electron chi connectivity index (χ4n) is 2.10. The average Bonchev–Trinajstić information content (AvgIpc) is 2.61. The van der Waals surface area contributed by atoms with Crippen molar-refractivity contribution in [3.05, 3.63) is 63.7 Å². The van der Waals surface area contributed by atoms with Crippen molar-refractivity contribution >= 4 is 29.4 Å². The number of carbonyl (C=O) groups excluding carboxylic acids is 2. The van der Waals surface area contributed by atoms with Crippen LogP contribution in [0.15, 0.2) is 47.6 Å². The van der Waals surface area contributed by atoms with Gasteiger partial charge in [0.15, 0.2) is 5.75 Å². The molecular formula is C17H16N4O5. The van der Waals surface area contributed by atoms with Crippen LogP contribution in [-0.2, 0) is 4.79 Å². The van der Waals surface area contributed by atoms with Gasteiger partial charge in [0.25, 0.3) is 5.91 Å². The first-order valence-corrected chi connectivity index (χ1v) is 7.44. The molecule has 0 heterocycles. The minimum absolute atomic E-state index is 0.131. The molecule has 0 bridgehead atoms. The maximum atomic E-state index is 12.1. The summed E-state index contributed by atoms with van der Waals surface area (Å²) >= 11 is 0. The highest BCUT2D eigenvalue weighted by Gasteiger charge is 2.14. The van der Waals surface area contributed by atoms with Gasteiger partial charge in [-0.2, -0.15) is 5.10 Å². The normalized spacial score (nSPS) is 10.4.